The number of para-hydroxylation sites is 3. The van der Waals surface area contributed by atoms with Crippen molar-refractivity contribution in [3.05, 3.63) is 240 Å². The molecule has 322 valence electrons. The molecule has 0 aliphatic rings. The van der Waals surface area contributed by atoms with Crippen LogP contribution in [0.1, 0.15) is 11.1 Å². The zero-order valence-electron chi connectivity index (χ0n) is 37.2. The van der Waals surface area contributed by atoms with Crippen LogP contribution in [-0.2, 0) is 0 Å². The smallest absolute Gasteiger partial charge is 0.185 e. The second kappa shape index (κ2) is 16.8. The number of hydrogen-bond donors (Lipinski definition) is 0. The zero-order valence-corrected chi connectivity index (χ0v) is 37.2. The van der Waals surface area contributed by atoms with E-state index in [1.54, 1.807) is 24.3 Å². The number of rotatable bonds is 7. The van der Waals surface area contributed by atoms with Gasteiger partial charge in [-0.05, 0) is 113 Å². The number of aromatic nitrogens is 4. The van der Waals surface area contributed by atoms with E-state index >= 15 is 0 Å². The standard InChI is InChI=1S/C62H34N8/c1-65-55-33-46(41-23-25-43(26-24-41)54-36-53(42-19-15-39(37-63)16-20-42)67-62(68-54)45-21-17-40(38-64)18-22-45)34-56(66-2)61(55)44-27-29-47(30-28-44)69-59-14-8-5-11-51(59)52-35-48(31-32-60(52)69)70-57-12-6-3-9-49(57)50-10-4-7-13-58(50)70/h3-36H. The third-order valence-electron chi connectivity index (χ3n) is 13.1. The molecule has 12 aromatic rings. The third-order valence-corrected chi connectivity index (χ3v) is 13.1. The molecule has 3 heterocycles. The lowest BCUT2D eigenvalue weighted by atomic mass is 9.95. The predicted molar refractivity (Wildman–Crippen MR) is 280 cm³/mol. The molecule has 0 radical (unpaired) electrons. The number of hydrogen-bond acceptors (Lipinski definition) is 4. The first-order valence-corrected chi connectivity index (χ1v) is 22.6. The highest BCUT2D eigenvalue weighted by atomic mass is 15.0. The Balaban J connectivity index is 0.883. The maximum atomic E-state index is 9.38. The lowest BCUT2D eigenvalue weighted by molar-refractivity contribution is 1.17. The number of fused-ring (bicyclic) bond motifs is 6. The van der Waals surface area contributed by atoms with Crippen LogP contribution < -0.4 is 0 Å². The summed E-state index contributed by atoms with van der Waals surface area (Å²) < 4.78 is 4.63. The van der Waals surface area contributed by atoms with Crippen molar-refractivity contribution in [1.29, 1.82) is 10.5 Å². The number of benzene rings is 9. The maximum absolute atomic E-state index is 9.38. The van der Waals surface area contributed by atoms with Gasteiger partial charge in [0.1, 0.15) is 0 Å². The molecule has 0 saturated heterocycles. The van der Waals surface area contributed by atoms with Crippen molar-refractivity contribution in [2.24, 2.45) is 0 Å². The van der Waals surface area contributed by atoms with Gasteiger partial charge in [0, 0.05) is 49.6 Å². The summed E-state index contributed by atoms with van der Waals surface area (Å²) in [5.74, 6) is 0.498. The van der Waals surface area contributed by atoms with Crippen LogP contribution in [0.3, 0.4) is 0 Å². The van der Waals surface area contributed by atoms with Crippen LogP contribution in [0.2, 0.25) is 0 Å². The topological polar surface area (TPSA) is 91.9 Å². The van der Waals surface area contributed by atoms with E-state index in [0.717, 1.165) is 77.6 Å². The predicted octanol–water partition coefficient (Wildman–Crippen LogP) is 15.9. The van der Waals surface area contributed by atoms with Crippen molar-refractivity contribution in [1.82, 2.24) is 19.1 Å². The molecule has 3 aromatic heterocycles. The van der Waals surface area contributed by atoms with Crippen LogP contribution in [0.15, 0.2) is 206 Å². The van der Waals surface area contributed by atoms with Gasteiger partial charge >= 0.3 is 0 Å². The summed E-state index contributed by atoms with van der Waals surface area (Å²) in [7, 11) is 0. The molecule has 8 heteroatoms. The highest BCUT2D eigenvalue weighted by Crippen LogP contribution is 2.44. The van der Waals surface area contributed by atoms with Crippen molar-refractivity contribution in [2.75, 3.05) is 0 Å². The molecule has 0 amide bonds. The van der Waals surface area contributed by atoms with E-state index in [9.17, 15) is 10.5 Å². The lowest BCUT2D eigenvalue weighted by Crippen LogP contribution is -1.96. The normalized spacial score (nSPS) is 11.1. The Morgan fingerprint density at radius 2 is 0.786 bits per heavy atom. The minimum atomic E-state index is 0.393. The van der Waals surface area contributed by atoms with E-state index in [-0.39, 0.29) is 0 Å². The minimum absolute atomic E-state index is 0.393. The molecule has 0 bridgehead atoms. The van der Waals surface area contributed by atoms with E-state index in [4.69, 9.17) is 23.1 Å². The molecule has 0 saturated carbocycles. The summed E-state index contributed by atoms with van der Waals surface area (Å²) in [6.07, 6.45) is 0. The summed E-state index contributed by atoms with van der Waals surface area (Å²) in [5, 5.41) is 23.5. The first-order valence-electron chi connectivity index (χ1n) is 22.6. The van der Waals surface area contributed by atoms with Gasteiger partial charge in [0.15, 0.2) is 17.2 Å². The van der Waals surface area contributed by atoms with Gasteiger partial charge < -0.3 is 9.13 Å². The highest BCUT2D eigenvalue weighted by Gasteiger charge is 2.19. The average Bonchev–Trinajstić information content (AvgIpc) is 3.95. The Hall–Kier alpha value is -10.4. The van der Waals surface area contributed by atoms with Gasteiger partial charge in [-0.2, -0.15) is 10.5 Å². The molecular formula is C62H34N8. The van der Waals surface area contributed by atoms with Crippen LogP contribution in [0, 0.1) is 35.8 Å². The zero-order chi connectivity index (χ0) is 47.3. The van der Waals surface area contributed by atoms with Gasteiger partial charge in [0.2, 0.25) is 0 Å². The summed E-state index contributed by atoms with van der Waals surface area (Å²) >= 11 is 0. The van der Waals surface area contributed by atoms with Crippen LogP contribution in [0.5, 0.6) is 0 Å². The van der Waals surface area contributed by atoms with Gasteiger partial charge in [-0.15, -0.1) is 0 Å². The molecule has 0 aliphatic heterocycles. The van der Waals surface area contributed by atoms with E-state index in [1.807, 2.05) is 78.9 Å². The molecule has 0 unspecified atom stereocenters. The summed E-state index contributed by atoms with van der Waals surface area (Å²) in [4.78, 5) is 17.8. The largest absolute Gasteiger partial charge is 0.309 e. The van der Waals surface area contributed by atoms with E-state index < -0.39 is 0 Å². The van der Waals surface area contributed by atoms with Crippen molar-refractivity contribution < 1.29 is 0 Å². The van der Waals surface area contributed by atoms with Crippen molar-refractivity contribution in [3.63, 3.8) is 0 Å². The molecule has 70 heavy (non-hydrogen) atoms. The average molecular weight is 891 g/mol. The maximum Gasteiger partial charge on any atom is 0.185 e. The van der Waals surface area contributed by atoms with E-state index in [2.05, 4.69) is 134 Å². The Kier molecular flexibility index (Phi) is 9.86. The third kappa shape index (κ3) is 6.90. The molecule has 0 fully saturated rings. The van der Waals surface area contributed by atoms with Crippen LogP contribution in [-0.4, -0.2) is 19.1 Å². The van der Waals surface area contributed by atoms with Crippen LogP contribution >= 0.6 is 0 Å². The minimum Gasteiger partial charge on any atom is -0.309 e. The monoisotopic (exact) mass is 890 g/mol. The summed E-state index contributed by atoms with van der Waals surface area (Å²) in [6.45, 7) is 16.6. The summed E-state index contributed by atoms with van der Waals surface area (Å²) in [6, 6.07) is 72.7. The summed E-state index contributed by atoms with van der Waals surface area (Å²) in [5.41, 5.74) is 15.2. The highest BCUT2D eigenvalue weighted by molar-refractivity contribution is 6.12. The molecule has 0 atom stereocenters. The lowest BCUT2D eigenvalue weighted by Gasteiger charge is -2.14. The Morgan fingerprint density at radius 1 is 0.371 bits per heavy atom. The first kappa shape index (κ1) is 41.1. The molecule has 0 N–H and O–H groups in total. The molecule has 0 spiro atoms. The number of nitrogens with zero attached hydrogens (tertiary/aromatic N) is 8. The molecule has 9 aromatic carbocycles. The van der Waals surface area contributed by atoms with Crippen molar-refractivity contribution >= 4 is 55.0 Å². The van der Waals surface area contributed by atoms with E-state index in [0.29, 0.717) is 45.3 Å². The molecule has 12 rings (SSSR count). The van der Waals surface area contributed by atoms with Crippen LogP contribution in [0.4, 0.5) is 11.4 Å². The fraction of sp³-hybridized carbons (Fsp3) is 0. The second-order valence-electron chi connectivity index (χ2n) is 17.0. The van der Waals surface area contributed by atoms with Crippen molar-refractivity contribution in [2.45, 2.75) is 0 Å². The number of nitriles is 2. The Bertz CT molecular complexity index is 4080. The van der Waals surface area contributed by atoms with Gasteiger partial charge in [-0.25, -0.2) is 19.7 Å². The SMILES string of the molecule is [C-]#[N+]c1cc(-c2ccc(-c3cc(-c4ccc(C#N)cc4)nc(-c4ccc(C#N)cc4)n3)cc2)cc([N+]#[C-])c1-c1ccc(-n2c3ccccc3c3cc(-n4c5ccccc5c5ccccc54)ccc32)cc1. The van der Waals surface area contributed by atoms with Gasteiger partial charge in [0.05, 0.1) is 69.9 Å². The molecular weight excluding hydrogens is 857 g/mol. The molecule has 0 aliphatic carbocycles. The fourth-order valence-corrected chi connectivity index (χ4v) is 9.72. The Morgan fingerprint density at radius 3 is 1.30 bits per heavy atom. The molecule has 8 nitrogen and oxygen atoms in total. The van der Waals surface area contributed by atoms with Gasteiger partial charge in [-0.1, -0.05) is 115 Å². The Labute approximate surface area is 402 Å². The van der Waals surface area contributed by atoms with E-state index in [1.165, 1.54) is 10.8 Å². The first-order chi connectivity index (χ1) is 34.5. The van der Waals surface area contributed by atoms with Gasteiger partial charge in [-0.3, -0.25) is 0 Å². The van der Waals surface area contributed by atoms with Crippen LogP contribution in [0.25, 0.3) is 121 Å². The van der Waals surface area contributed by atoms with Crippen molar-refractivity contribution in [3.8, 4) is 79.7 Å². The quantitative estimate of drug-likeness (QED) is 0.149. The fourth-order valence-electron chi connectivity index (χ4n) is 9.72. The van der Waals surface area contributed by atoms with Gasteiger partial charge in [0.25, 0.3) is 0 Å². The second-order valence-corrected chi connectivity index (χ2v) is 17.0.